The van der Waals surface area contributed by atoms with E-state index in [0.29, 0.717) is 18.7 Å². The maximum atomic E-state index is 13.1. The molecule has 1 fully saturated rings. The molecule has 1 aliphatic heterocycles. The number of anilines is 1. The first kappa shape index (κ1) is 24.8. The molecular formula is C23H29FN4O4S. The van der Waals surface area contributed by atoms with Crippen LogP contribution in [0.1, 0.15) is 22.8 Å². The van der Waals surface area contributed by atoms with E-state index in [9.17, 15) is 17.6 Å². The van der Waals surface area contributed by atoms with E-state index in [4.69, 9.17) is 4.74 Å². The van der Waals surface area contributed by atoms with Crippen LogP contribution in [-0.4, -0.2) is 75.9 Å². The van der Waals surface area contributed by atoms with Crippen molar-refractivity contribution in [1.29, 1.82) is 0 Å². The van der Waals surface area contributed by atoms with Crippen molar-refractivity contribution in [2.45, 2.75) is 13.0 Å². The van der Waals surface area contributed by atoms with Gasteiger partial charge in [-0.05, 0) is 36.8 Å². The Hall–Kier alpha value is -2.82. The van der Waals surface area contributed by atoms with Crippen LogP contribution in [0.4, 0.5) is 10.2 Å². The molecule has 1 N–H and O–H groups in total. The van der Waals surface area contributed by atoms with E-state index < -0.39 is 16.1 Å². The number of sulfonamides is 1. The first-order chi connectivity index (χ1) is 15.7. The van der Waals surface area contributed by atoms with Crippen LogP contribution in [0, 0.1) is 5.82 Å². The Bertz CT molecular complexity index is 1050. The molecule has 1 saturated heterocycles. The van der Waals surface area contributed by atoms with Crippen molar-refractivity contribution in [3.05, 3.63) is 65.6 Å². The summed E-state index contributed by atoms with van der Waals surface area (Å²) in [5.74, 6) is 0.0741. The van der Waals surface area contributed by atoms with Crippen molar-refractivity contribution in [3.8, 4) is 0 Å². The highest BCUT2D eigenvalue weighted by atomic mass is 32.2. The number of piperazine rings is 1. The average Bonchev–Trinajstić information content (AvgIpc) is 2.78. The fourth-order valence-electron chi connectivity index (χ4n) is 3.56. The van der Waals surface area contributed by atoms with Gasteiger partial charge in [-0.25, -0.2) is 27.3 Å². The average molecular weight is 477 g/mol. The number of hydrogen-bond acceptors (Lipinski definition) is 7. The van der Waals surface area contributed by atoms with Crippen LogP contribution < -0.4 is 9.62 Å². The zero-order valence-electron chi connectivity index (χ0n) is 18.8. The Labute approximate surface area is 194 Å². The van der Waals surface area contributed by atoms with Crippen LogP contribution in [0.2, 0.25) is 0 Å². The number of ether oxygens (including phenoxy) is 1. The summed E-state index contributed by atoms with van der Waals surface area (Å²) in [5, 5.41) is 0. The quantitative estimate of drug-likeness (QED) is 0.555. The molecule has 0 saturated carbocycles. The third-order valence-electron chi connectivity index (χ3n) is 5.17. The van der Waals surface area contributed by atoms with Gasteiger partial charge in [0.15, 0.2) is 0 Å². The van der Waals surface area contributed by atoms with Gasteiger partial charge in [0.2, 0.25) is 10.0 Å². The molecule has 3 rings (SSSR count). The van der Waals surface area contributed by atoms with Gasteiger partial charge in [0.1, 0.15) is 11.6 Å². The number of carbonyl (C=O) groups excluding carboxylic acids is 1. The fraction of sp³-hybridized carbons (Fsp3) is 0.391. The summed E-state index contributed by atoms with van der Waals surface area (Å²) < 4.78 is 44.4. The predicted octanol–water partition coefficient (Wildman–Crippen LogP) is 2.15. The molecule has 1 aromatic carbocycles. The van der Waals surface area contributed by atoms with Crippen molar-refractivity contribution in [2.75, 3.05) is 50.5 Å². The monoisotopic (exact) mass is 476 g/mol. The summed E-state index contributed by atoms with van der Waals surface area (Å²) in [6.07, 6.45) is 6.23. The fourth-order valence-corrected chi connectivity index (χ4v) is 4.26. The lowest BCUT2D eigenvalue weighted by molar-refractivity contribution is 0.0526. The van der Waals surface area contributed by atoms with Crippen molar-refractivity contribution in [2.24, 2.45) is 0 Å². The first-order valence-electron chi connectivity index (χ1n) is 10.7. The minimum absolute atomic E-state index is 0.316. The molecule has 2 heterocycles. The standard InChI is InChI=1S/C23H29FN4O4S/c1-3-32-23(29)19-7-11-22(25-16-19)28-14-12-27(13-15-28)17-21(26-33(2,30)31)10-6-18-4-8-20(24)9-5-18/h4-11,16,21,26H,3,12-15,17H2,1-2H3/b10-6+. The van der Waals surface area contributed by atoms with Crippen LogP contribution in [0.15, 0.2) is 48.7 Å². The molecule has 0 radical (unpaired) electrons. The summed E-state index contributed by atoms with van der Waals surface area (Å²) >= 11 is 0. The Morgan fingerprint density at radius 1 is 1.18 bits per heavy atom. The van der Waals surface area contributed by atoms with E-state index in [1.54, 1.807) is 43.3 Å². The zero-order valence-corrected chi connectivity index (χ0v) is 19.6. The molecule has 10 heteroatoms. The molecule has 0 spiro atoms. The van der Waals surface area contributed by atoms with Crippen LogP contribution in [0.3, 0.4) is 0 Å². The summed E-state index contributed by atoms with van der Waals surface area (Å²) in [6.45, 7) is 5.48. The van der Waals surface area contributed by atoms with Gasteiger partial charge in [-0.15, -0.1) is 0 Å². The van der Waals surface area contributed by atoms with Crippen molar-refractivity contribution in [1.82, 2.24) is 14.6 Å². The Morgan fingerprint density at radius 2 is 1.88 bits per heavy atom. The lowest BCUT2D eigenvalue weighted by atomic mass is 10.1. The van der Waals surface area contributed by atoms with E-state index in [-0.39, 0.29) is 11.8 Å². The van der Waals surface area contributed by atoms with Crippen molar-refractivity contribution in [3.63, 3.8) is 0 Å². The SMILES string of the molecule is CCOC(=O)c1ccc(N2CCN(CC(/C=C/c3ccc(F)cc3)NS(C)(=O)=O)CC2)nc1. The Kier molecular flexibility index (Phi) is 8.54. The number of benzene rings is 1. The second-order valence-electron chi connectivity index (χ2n) is 7.82. The van der Waals surface area contributed by atoms with Gasteiger partial charge < -0.3 is 9.64 Å². The Morgan fingerprint density at radius 3 is 2.45 bits per heavy atom. The second-order valence-corrected chi connectivity index (χ2v) is 9.60. The van der Waals surface area contributed by atoms with Crippen LogP contribution >= 0.6 is 0 Å². The molecule has 2 aromatic rings. The van der Waals surface area contributed by atoms with Gasteiger partial charge in [0.05, 0.1) is 24.5 Å². The van der Waals surface area contributed by atoms with E-state index in [1.165, 1.54) is 18.3 Å². The van der Waals surface area contributed by atoms with E-state index in [0.717, 1.165) is 43.8 Å². The number of nitrogens with zero attached hydrogens (tertiary/aromatic N) is 3. The van der Waals surface area contributed by atoms with E-state index >= 15 is 0 Å². The molecule has 0 aliphatic carbocycles. The highest BCUT2D eigenvalue weighted by Gasteiger charge is 2.22. The van der Waals surface area contributed by atoms with Gasteiger partial charge >= 0.3 is 5.97 Å². The molecule has 1 unspecified atom stereocenters. The molecular weight excluding hydrogens is 447 g/mol. The number of hydrogen-bond donors (Lipinski definition) is 1. The van der Waals surface area contributed by atoms with Crippen LogP contribution in [0.25, 0.3) is 6.08 Å². The molecule has 1 aromatic heterocycles. The highest BCUT2D eigenvalue weighted by Crippen LogP contribution is 2.15. The number of nitrogens with one attached hydrogen (secondary N) is 1. The minimum atomic E-state index is -3.40. The first-order valence-corrected chi connectivity index (χ1v) is 12.6. The number of rotatable bonds is 9. The van der Waals surface area contributed by atoms with Gasteiger partial charge in [0, 0.05) is 38.9 Å². The topological polar surface area (TPSA) is 91.8 Å². The third kappa shape index (κ3) is 7.92. The van der Waals surface area contributed by atoms with Gasteiger partial charge in [0.25, 0.3) is 0 Å². The summed E-state index contributed by atoms with van der Waals surface area (Å²) in [6, 6.07) is 9.11. The minimum Gasteiger partial charge on any atom is -0.462 e. The number of aromatic nitrogens is 1. The molecule has 1 aliphatic rings. The number of pyridine rings is 1. The molecule has 8 nitrogen and oxygen atoms in total. The molecule has 1 atom stereocenters. The normalized spacial score (nSPS) is 16.2. The van der Waals surface area contributed by atoms with Crippen LogP contribution in [-0.2, 0) is 14.8 Å². The highest BCUT2D eigenvalue weighted by molar-refractivity contribution is 7.88. The second kappa shape index (κ2) is 11.4. The van der Waals surface area contributed by atoms with Gasteiger partial charge in [-0.1, -0.05) is 24.3 Å². The molecule has 178 valence electrons. The summed E-state index contributed by atoms with van der Waals surface area (Å²) in [4.78, 5) is 20.5. The van der Waals surface area contributed by atoms with E-state index in [1.807, 2.05) is 0 Å². The molecule has 0 bridgehead atoms. The lowest BCUT2D eigenvalue weighted by Crippen LogP contribution is -2.51. The largest absolute Gasteiger partial charge is 0.462 e. The summed E-state index contributed by atoms with van der Waals surface area (Å²) in [5.41, 5.74) is 1.21. The predicted molar refractivity (Wildman–Crippen MR) is 126 cm³/mol. The van der Waals surface area contributed by atoms with Gasteiger partial charge in [-0.3, -0.25) is 4.90 Å². The van der Waals surface area contributed by atoms with Crippen LogP contribution in [0.5, 0.6) is 0 Å². The third-order valence-corrected chi connectivity index (χ3v) is 5.90. The number of carbonyl (C=O) groups is 1. The van der Waals surface area contributed by atoms with Crippen molar-refractivity contribution < 1.29 is 22.3 Å². The smallest absolute Gasteiger partial charge is 0.339 e. The Balaban J connectivity index is 1.58. The van der Waals surface area contributed by atoms with Gasteiger partial charge in [-0.2, -0.15) is 0 Å². The zero-order chi connectivity index (χ0) is 23.8. The molecule has 33 heavy (non-hydrogen) atoms. The number of esters is 1. The maximum absolute atomic E-state index is 13.1. The maximum Gasteiger partial charge on any atom is 0.339 e. The lowest BCUT2D eigenvalue weighted by Gasteiger charge is -2.36. The summed E-state index contributed by atoms with van der Waals surface area (Å²) in [7, 11) is -3.40. The number of halogens is 1. The van der Waals surface area contributed by atoms with E-state index in [2.05, 4.69) is 19.5 Å². The van der Waals surface area contributed by atoms with Crippen molar-refractivity contribution >= 4 is 27.9 Å². The molecule has 0 amide bonds.